The van der Waals surface area contributed by atoms with Crippen LogP contribution in [0.5, 0.6) is 0 Å². The molecule has 0 bridgehead atoms. The molecule has 2 radical (unpaired) electrons. The first kappa shape index (κ1) is 13.2. The van der Waals surface area contributed by atoms with Crippen molar-refractivity contribution in [3.63, 3.8) is 0 Å². The molecule has 1 saturated heterocycles. The average molecular weight is 235 g/mol. The number of phosphoric acid groups is 1. The lowest BCUT2D eigenvalue weighted by atomic mass is 9.93. The van der Waals surface area contributed by atoms with E-state index in [9.17, 15) is 14.6 Å². The second kappa shape index (κ2) is 4.95. The van der Waals surface area contributed by atoms with Gasteiger partial charge in [-0.15, -0.1) is 0 Å². The van der Waals surface area contributed by atoms with Crippen molar-refractivity contribution in [2.45, 2.75) is 37.7 Å². The molecule has 8 heteroatoms. The molecule has 0 amide bonds. The second-order valence-corrected chi connectivity index (χ2v) is 4.71. The average Bonchev–Trinajstić information content (AvgIpc) is 2.45. The topological polar surface area (TPSA) is 88.1 Å². The van der Waals surface area contributed by atoms with E-state index < -0.39 is 32.1 Å². The predicted molar refractivity (Wildman–Crippen MR) is 50.2 cm³/mol. The molecule has 0 aromatic heterocycles. The molecular weight excluding hydrogens is 222 g/mol. The van der Waals surface area contributed by atoms with Crippen molar-refractivity contribution in [1.29, 1.82) is 0 Å². The quantitative estimate of drug-likeness (QED) is 0.504. The highest BCUT2D eigenvalue weighted by Gasteiger charge is 2.42. The molecule has 2 unspecified atom stereocenters. The Bertz CT molecular complexity index is 262. The lowest BCUT2D eigenvalue weighted by molar-refractivity contribution is -0.230. The summed E-state index contributed by atoms with van der Waals surface area (Å²) in [4.78, 5) is 11.0. The number of hydrogen-bond acceptors (Lipinski definition) is 6. The fourth-order valence-electron chi connectivity index (χ4n) is 1.42. The normalized spacial score (nSPS) is 40.3. The number of hydrogen-bond donors (Lipinski definition) is 1. The standard InChI is InChI=1S/C7H14BO6P/c1-3-4-6(5(9)7(8)13-4)14-15(10,11)12-2/h4-7,9H,3H2,1-2H3,(H,10,11)/p-1/t4-,5+,6?,7-/m1/s1. The SMILES string of the molecule is [B][C@@H]1O[C@H](CC)C(OP(=O)([O-])OC)[C@@H]1O. The Kier molecular flexibility index (Phi) is 4.34. The van der Waals surface area contributed by atoms with Crippen LogP contribution >= 0.6 is 7.82 Å². The second-order valence-electron chi connectivity index (χ2n) is 3.24. The zero-order chi connectivity index (χ0) is 11.6. The largest absolute Gasteiger partial charge is 0.756 e. The van der Waals surface area contributed by atoms with E-state index in [2.05, 4.69) is 9.05 Å². The minimum absolute atomic E-state index is 0.485. The summed E-state index contributed by atoms with van der Waals surface area (Å²) in [5.41, 5.74) is 0. The van der Waals surface area contributed by atoms with Gasteiger partial charge in [-0.2, -0.15) is 0 Å². The Hall–Kier alpha value is 0.0949. The lowest BCUT2D eigenvalue weighted by Gasteiger charge is -2.28. The minimum atomic E-state index is -4.38. The van der Waals surface area contributed by atoms with E-state index in [1.165, 1.54) is 0 Å². The van der Waals surface area contributed by atoms with Crippen molar-refractivity contribution in [2.24, 2.45) is 0 Å². The highest BCUT2D eigenvalue weighted by molar-refractivity contribution is 7.45. The molecule has 5 atom stereocenters. The summed E-state index contributed by atoms with van der Waals surface area (Å²) in [5, 5.41) is 9.53. The lowest BCUT2D eigenvalue weighted by Crippen LogP contribution is -2.35. The molecule has 0 saturated carbocycles. The van der Waals surface area contributed by atoms with Crippen molar-refractivity contribution in [2.75, 3.05) is 7.11 Å². The Morgan fingerprint density at radius 2 is 2.27 bits per heavy atom. The van der Waals surface area contributed by atoms with E-state index in [0.29, 0.717) is 6.42 Å². The van der Waals surface area contributed by atoms with Crippen molar-refractivity contribution < 1.29 is 28.3 Å². The Morgan fingerprint density at radius 1 is 1.67 bits per heavy atom. The maximum Gasteiger partial charge on any atom is 0.268 e. The molecule has 1 fully saturated rings. The number of aliphatic hydroxyl groups excluding tert-OH is 1. The molecule has 1 aliphatic heterocycles. The Morgan fingerprint density at radius 3 is 2.73 bits per heavy atom. The van der Waals surface area contributed by atoms with Gasteiger partial charge < -0.3 is 23.8 Å². The van der Waals surface area contributed by atoms with E-state index in [-0.39, 0.29) is 0 Å². The first-order chi connectivity index (χ1) is 6.91. The third kappa shape index (κ3) is 3.03. The van der Waals surface area contributed by atoms with Crippen LogP contribution < -0.4 is 4.89 Å². The highest BCUT2D eigenvalue weighted by atomic mass is 31.2. The summed E-state index contributed by atoms with van der Waals surface area (Å²) >= 11 is 0. The summed E-state index contributed by atoms with van der Waals surface area (Å²) in [7, 11) is 2.01. The fourth-order valence-corrected chi connectivity index (χ4v) is 2.06. The molecule has 15 heavy (non-hydrogen) atoms. The summed E-state index contributed by atoms with van der Waals surface area (Å²) in [5.74, 6) is 0. The molecule has 1 aliphatic rings. The smallest absolute Gasteiger partial charge is 0.268 e. The van der Waals surface area contributed by atoms with Crippen LogP contribution in [0.1, 0.15) is 13.3 Å². The first-order valence-corrected chi connectivity index (χ1v) is 6.01. The van der Waals surface area contributed by atoms with Crippen molar-refractivity contribution >= 4 is 15.7 Å². The monoisotopic (exact) mass is 235 g/mol. The number of phosphoric ester groups is 1. The van der Waals surface area contributed by atoms with Crippen LogP contribution in [0.4, 0.5) is 0 Å². The van der Waals surface area contributed by atoms with Gasteiger partial charge in [0.15, 0.2) is 0 Å². The zero-order valence-corrected chi connectivity index (χ0v) is 9.42. The van der Waals surface area contributed by atoms with E-state index in [1.54, 1.807) is 6.92 Å². The van der Waals surface area contributed by atoms with Crippen LogP contribution in [-0.4, -0.2) is 44.4 Å². The minimum Gasteiger partial charge on any atom is -0.756 e. The maximum absolute atomic E-state index is 11.0. The van der Waals surface area contributed by atoms with Crippen LogP contribution in [-0.2, 0) is 18.3 Å². The first-order valence-electron chi connectivity index (χ1n) is 4.55. The van der Waals surface area contributed by atoms with E-state index in [0.717, 1.165) is 7.11 Å². The van der Waals surface area contributed by atoms with Crippen LogP contribution in [0.25, 0.3) is 0 Å². The molecule has 1 heterocycles. The van der Waals surface area contributed by atoms with Crippen molar-refractivity contribution in [3.8, 4) is 0 Å². The zero-order valence-electron chi connectivity index (χ0n) is 8.53. The fraction of sp³-hybridized carbons (Fsp3) is 1.00. The third-order valence-electron chi connectivity index (χ3n) is 2.25. The van der Waals surface area contributed by atoms with E-state index in [1.807, 2.05) is 0 Å². The molecule has 0 aromatic carbocycles. The van der Waals surface area contributed by atoms with Crippen LogP contribution in [0.3, 0.4) is 0 Å². The van der Waals surface area contributed by atoms with Gasteiger partial charge in [0.1, 0.15) is 20.1 Å². The van der Waals surface area contributed by atoms with Crippen LogP contribution in [0.15, 0.2) is 0 Å². The summed E-state index contributed by atoms with van der Waals surface area (Å²) in [6, 6.07) is -0.934. The predicted octanol–water partition coefficient (Wildman–Crippen LogP) is -0.849. The Labute approximate surface area is 89.6 Å². The highest BCUT2D eigenvalue weighted by Crippen LogP contribution is 2.42. The number of ether oxygens (including phenoxy) is 1. The van der Waals surface area contributed by atoms with Gasteiger partial charge in [-0.05, 0) is 6.42 Å². The molecule has 0 aromatic rings. The van der Waals surface area contributed by atoms with Crippen molar-refractivity contribution in [1.82, 2.24) is 0 Å². The molecular formula is C7H13BO6P-. The van der Waals surface area contributed by atoms with Gasteiger partial charge in [0.25, 0.3) is 7.82 Å². The number of rotatable bonds is 4. The van der Waals surface area contributed by atoms with Gasteiger partial charge in [-0.25, -0.2) is 0 Å². The summed E-state index contributed by atoms with van der Waals surface area (Å²) < 4.78 is 25.0. The number of aliphatic hydroxyl groups is 1. The van der Waals surface area contributed by atoms with Gasteiger partial charge in [-0.1, -0.05) is 6.92 Å². The third-order valence-corrected chi connectivity index (χ3v) is 3.20. The molecule has 6 nitrogen and oxygen atoms in total. The van der Waals surface area contributed by atoms with Gasteiger partial charge in [-0.3, -0.25) is 4.57 Å². The van der Waals surface area contributed by atoms with Gasteiger partial charge in [0, 0.05) is 13.1 Å². The molecule has 0 aliphatic carbocycles. The molecule has 1 N–H and O–H groups in total. The van der Waals surface area contributed by atoms with Crippen molar-refractivity contribution in [3.05, 3.63) is 0 Å². The summed E-state index contributed by atoms with van der Waals surface area (Å²) in [6.07, 6.45) is -2.24. The Balaban J connectivity index is 2.70. The molecule has 1 rings (SSSR count). The van der Waals surface area contributed by atoms with Gasteiger partial charge in [0.05, 0.1) is 6.10 Å². The van der Waals surface area contributed by atoms with Crippen LogP contribution in [0.2, 0.25) is 0 Å². The van der Waals surface area contributed by atoms with Gasteiger partial charge in [0.2, 0.25) is 0 Å². The molecule has 0 spiro atoms. The maximum atomic E-state index is 11.0. The van der Waals surface area contributed by atoms with Crippen LogP contribution in [0, 0.1) is 0 Å². The summed E-state index contributed by atoms with van der Waals surface area (Å²) in [6.45, 7) is 1.77. The molecule has 86 valence electrons. The van der Waals surface area contributed by atoms with Gasteiger partial charge >= 0.3 is 0 Å². The van der Waals surface area contributed by atoms with E-state index in [4.69, 9.17) is 12.6 Å². The van der Waals surface area contributed by atoms with E-state index >= 15 is 0 Å².